The smallest absolute Gasteiger partial charge is 0.00463 e. The van der Waals surface area contributed by atoms with Crippen LogP contribution in [0.4, 0.5) is 0 Å². The lowest BCUT2D eigenvalue weighted by atomic mass is 9.81. The highest BCUT2D eigenvalue weighted by Crippen LogP contribution is 2.29. The molecule has 1 fully saturated rings. The summed E-state index contributed by atoms with van der Waals surface area (Å²) in [5.74, 6) is 1.99. The van der Waals surface area contributed by atoms with Crippen molar-refractivity contribution in [2.75, 3.05) is 13.1 Å². The molecular formula is C19H31N. The van der Waals surface area contributed by atoms with Crippen LogP contribution in [0, 0.1) is 11.8 Å². The molecule has 1 heteroatoms. The Morgan fingerprint density at radius 3 is 2.45 bits per heavy atom. The van der Waals surface area contributed by atoms with Gasteiger partial charge in [-0.2, -0.15) is 0 Å². The van der Waals surface area contributed by atoms with E-state index >= 15 is 0 Å². The molecule has 0 amide bonds. The highest BCUT2D eigenvalue weighted by atomic mass is 14.8. The molecule has 1 aromatic rings. The van der Waals surface area contributed by atoms with Gasteiger partial charge < -0.3 is 5.32 Å². The van der Waals surface area contributed by atoms with Crippen LogP contribution < -0.4 is 5.32 Å². The zero-order chi connectivity index (χ0) is 14.0. The van der Waals surface area contributed by atoms with Crippen LogP contribution in [0.5, 0.6) is 0 Å². The molecule has 0 aromatic heterocycles. The Balaban J connectivity index is 1.42. The highest BCUT2D eigenvalue weighted by Gasteiger charge is 2.17. The molecule has 0 radical (unpaired) electrons. The maximum Gasteiger partial charge on any atom is -0.00463 e. The fourth-order valence-corrected chi connectivity index (χ4v) is 3.27. The average Bonchev–Trinajstić information content (AvgIpc) is 2.49. The van der Waals surface area contributed by atoms with Gasteiger partial charge in [-0.3, -0.25) is 0 Å². The van der Waals surface area contributed by atoms with Gasteiger partial charge in [0.2, 0.25) is 0 Å². The number of rotatable bonds is 8. The number of aryl methyl sites for hydroxylation is 1. The fraction of sp³-hybridized carbons (Fsp3) is 0.684. The normalized spacial score (nSPS) is 22.9. The van der Waals surface area contributed by atoms with E-state index in [2.05, 4.69) is 42.6 Å². The van der Waals surface area contributed by atoms with Crippen LogP contribution in [0.3, 0.4) is 0 Å². The third kappa shape index (κ3) is 6.09. The molecule has 112 valence electrons. The zero-order valence-corrected chi connectivity index (χ0v) is 13.1. The van der Waals surface area contributed by atoms with E-state index < -0.39 is 0 Å². The predicted molar refractivity (Wildman–Crippen MR) is 88.0 cm³/mol. The first-order chi connectivity index (χ1) is 9.84. The van der Waals surface area contributed by atoms with Gasteiger partial charge in [-0.15, -0.1) is 0 Å². The van der Waals surface area contributed by atoms with Crippen molar-refractivity contribution < 1.29 is 0 Å². The SMILES string of the molecule is CC1CCC(CCNCCCCc2ccccc2)CC1. The van der Waals surface area contributed by atoms with Crippen molar-refractivity contribution in [2.45, 2.75) is 58.3 Å². The maximum atomic E-state index is 3.63. The van der Waals surface area contributed by atoms with Crippen LogP contribution in [0.1, 0.15) is 57.4 Å². The Hall–Kier alpha value is -0.820. The van der Waals surface area contributed by atoms with Gasteiger partial charge in [-0.05, 0) is 56.2 Å². The summed E-state index contributed by atoms with van der Waals surface area (Å²) in [6.45, 7) is 4.82. The third-order valence-electron chi connectivity index (χ3n) is 4.78. The van der Waals surface area contributed by atoms with E-state index in [4.69, 9.17) is 0 Å². The third-order valence-corrected chi connectivity index (χ3v) is 4.78. The summed E-state index contributed by atoms with van der Waals surface area (Å²) in [5, 5.41) is 3.63. The monoisotopic (exact) mass is 273 g/mol. The van der Waals surface area contributed by atoms with Gasteiger partial charge in [-0.1, -0.05) is 62.9 Å². The van der Waals surface area contributed by atoms with Crippen molar-refractivity contribution in [3.63, 3.8) is 0 Å². The number of unbranched alkanes of at least 4 members (excludes halogenated alkanes) is 1. The van der Waals surface area contributed by atoms with E-state index in [1.807, 2.05) is 0 Å². The minimum absolute atomic E-state index is 0.984. The second kappa shape index (κ2) is 9.18. The largest absolute Gasteiger partial charge is 0.317 e. The second-order valence-electron chi connectivity index (χ2n) is 6.61. The molecule has 1 aliphatic carbocycles. The lowest BCUT2D eigenvalue weighted by Crippen LogP contribution is -2.21. The minimum atomic E-state index is 0.984. The molecule has 20 heavy (non-hydrogen) atoms. The van der Waals surface area contributed by atoms with Gasteiger partial charge in [0.15, 0.2) is 0 Å². The lowest BCUT2D eigenvalue weighted by Gasteiger charge is -2.26. The van der Waals surface area contributed by atoms with E-state index in [1.165, 1.54) is 70.0 Å². The minimum Gasteiger partial charge on any atom is -0.317 e. The first kappa shape index (κ1) is 15.6. The molecule has 0 saturated heterocycles. The maximum absolute atomic E-state index is 3.63. The second-order valence-corrected chi connectivity index (χ2v) is 6.61. The van der Waals surface area contributed by atoms with Crippen molar-refractivity contribution >= 4 is 0 Å². The van der Waals surface area contributed by atoms with Crippen molar-refractivity contribution in [2.24, 2.45) is 11.8 Å². The first-order valence-electron chi connectivity index (χ1n) is 8.59. The van der Waals surface area contributed by atoms with Crippen LogP contribution in [0.25, 0.3) is 0 Å². The van der Waals surface area contributed by atoms with Gasteiger partial charge in [0, 0.05) is 0 Å². The van der Waals surface area contributed by atoms with Crippen LogP contribution in [-0.4, -0.2) is 13.1 Å². The molecule has 0 bridgehead atoms. The average molecular weight is 273 g/mol. The predicted octanol–water partition coefficient (Wildman–Crippen LogP) is 4.82. The first-order valence-corrected chi connectivity index (χ1v) is 8.59. The standard InChI is InChI=1S/C19H31N/c1-17-10-12-19(13-11-17)14-16-20-15-6-5-9-18-7-3-2-4-8-18/h2-4,7-8,17,19-20H,5-6,9-16H2,1H3. The van der Waals surface area contributed by atoms with Gasteiger partial charge in [0.25, 0.3) is 0 Å². The highest BCUT2D eigenvalue weighted by molar-refractivity contribution is 5.14. The van der Waals surface area contributed by atoms with E-state index in [0.717, 1.165) is 11.8 Å². The van der Waals surface area contributed by atoms with Crippen molar-refractivity contribution in [1.82, 2.24) is 5.32 Å². The van der Waals surface area contributed by atoms with Crippen LogP contribution in [0.2, 0.25) is 0 Å². The summed E-state index contributed by atoms with van der Waals surface area (Å²) in [4.78, 5) is 0. The molecule has 0 spiro atoms. The number of hydrogen-bond donors (Lipinski definition) is 1. The van der Waals surface area contributed by atoms with E-state index in [-0.39, 0.29) is 0 Å². The fourth-order valence-electron chi connectivity index (χ4n) is 3.27. The molecule has 2 rings (SSSR count). The van der Waals surface area contributed by atoms with Crippen molar-refractivity contribution in [1.29, 1.82) is 0 Å². The van der Waals surface area contributed by atoms with Crippen LogP contribution in [0.15, 0.2) is 30.3 Å². The Labute approximate surface area is 125 Å². The van der Waals surface area contributed by atoms with Gasteiger partial charge in [-0.25, -0.2) is 0 Å². The molecule has 0 unspecified atom stereocenters. The van der Waals surface area contributed by atoms with E-state index in [9.17, 15) is 0 Å². The molecule has 0 heterocycles. The molecule has 0 atom stereocenters. The Morgan fingerprint density at radius 1 is 0.950 bits per heavy atom. The summed E-state index contributed by atoms with van der Waals surface area (Å²) in [7, 11) is 0. The molecule has 1 aromatic carbocycles. The summed E-state index contributed by atoms with van der Waals surface area (Å²) >= 11 is 0. The Kier molecular flexibility index (Phi) is 7.14. The molecule has 1 saturated carbocycles. The summed E-state index contributed by atoms with van der Waals surface area (Å²) in [6.07, 6.45) is 11.1. The van der Waals surface area contributed by atoms with E-state index in [1.54, 1.807) is 0 Å². The lowest BCUT2D eigenvalue weighted by molar-refractivity contribution is 0.275. The zero-order valence-electron chi connectivity index (χ0n) is 13.1. The Morgan fingerprint density at radius 2 is 1.70 bits per heavy atom. The van der Waals surface area contributed by atoms with Crippen molar-refractivity contribution in [3.05, 3.63) is 35.9 Å². The number of nitrogens with one attached hydrogen (secondary N) is 1. The van der Waals surface area contributed by atoms with Crippen molar-refractivity contribution in [3.8, 4) is 0 Å². The van der Waals surface area contributed by atoms with Gasteiger partial charge in [0.1, 0.15) is 0 Å². The number of benzene rings is 1. The topological polar surface area (TPSA) is 12.0 Å². The summed E-state index contributed by atoms with van der Waals surface area (Å²) < 4.78 is 0. The molecule has 0 aliphatic heterocycles. The molecular weight excluding hydrogens is 242 g/mol. The quantitative estimate of drug-likeness (QED) is 0.670. The summed E-state index contributed by atoms with van der Waals surface area (Å²) in [5.41, 5.74) is 1.48. The number of hydrogen-bond acceptors (Lipinski definition) is 1. The van der Waals surface area contributed by atoms with Crippen LogP contribution in [-0.2, 0) is 6.42 Å². The van der Waals surface area contributed by atoms with Gasteiger partial charge in [0.05, 0.1) is 0 Å². The van der Waals surface area contributed by atoms with E-state index in [0.29, 0.717) is 0 Å². The molecule has 1 nitrogen and oxygen atoms in total. The Bertz CT molecular complexity index is 338. The molecule has 1 aliphatic rings. The summed E-state index contributed by atoms with van der Waals surface area (Å²) in [6, 6.07) is 10.8. The van der Waals surface area contributed by atoms with Gasteiger partial charge >= 0.3 is 0 Å². The van der Waals surface area contributed by atoms with Crippen LogP contribution >= 0.6 is 0 Å². The molecule has 1 N–H and O–H groups in total.